The van der Waals surface area contributed by atoms with E-state index >= 15 is 0 Å². The van der Waals surface area contributed by atoms with Gasteiger partial charge in [0.25, 0.3) is 0 Å². The fraction of sp³-hybridized carbons (Fsp3) is 0.721. The quantitative estimate of drug-likeness (QED) is 0.238. The highest BCUT2D eigenvalue weighted by molar-refractivity contribution is 5.91. The molecule has 0 aliphatic carbocycles. The van der Waals surface area contributed by atoms with E-state index in [1.165, 1.54) is 6.42 Å². The van der Waals surface area contributed by atoms with Gasteiger partial charge in [-0.25, -0.2) is 0 Å². The van der Waals surface area contributed by atoms with E-state index in [1.807, 2.05) is 52.0 Å². The van der Waals surface area contributed by atoms with E-state index < -0.39 is 60.8 Å². The molecule has 0 amide bonds. The number of likely N-dealkylation sites (N-methyl/N-ethyl adjacent to an activating group) is 1. The van der Waals surface area contributed by atoms with Gasteiger partial charge in [-0.3, -0.25) is 9.59 Å². The number of carbonyl (C=O) groups is 2. The van der Waals surface area contributed by atoms with E-state index in [0.717, 1.165) is 43.6 Å². The Morgan fingerprint density at radius 2 is 1.69 bits per heavy atom. The number of rotatable bonds is 11. The molecule has 4 rings (SSSR count). The van der Waals surface area contributed by atoms with Gasteiger partial charge in [-0.2, -0.15) is 0 Å². The minimum absolute atomic E-state index is 0.000331. The Morgan fingerprint density at radius 3 is 2.35 bits per heavy atom. The lowest BCUT2D eigenvalue weighted by atomic mass is 9.79. The Balaban J connectivity index is 1.66. The predicted molar refractivity (Wildman–Crippen MR) is 210 cm³/mol. The number of benzene rings is 1. The number of piperidine rings is 1. The van der Waals surface area contributed by atoms with Crippen molar-refractivity contribution in [1.29, 1.82) is 0 Å². The lowest BCUT2D eigenvalue weighted by Crippen LogP contribution is -2.63. The van der Waals surface area contributed by atoms with Crippen molar-refractivity contribution in [3.05, 3.63) is 59.7 Å². The number of likely N-dealkylation sites (tertiary alicyclic amines) is 1. The van der Waals surface area contributed by atoms with Crippen molar-refractivity contribution < 1.29 is 39.1 Å². The number of allylic oxidation sites excluding steroid dienone is 3. The van der Waals surface area contributed by atoms with Crippen LogP contribution < -0.4 is 5.32 Å². The number of esters is 1. The summed E-state index contributed by atoms with van der Waals surface area (Å²) in [5.74, 6) is -1.83. The maximum absolute atomic E-state index is 13.8. The average Bonchev–Trinajstić information content (AvgIpc) is 3.15. The van der Waals surface area contributed by atoms with Crippen LogP contribution in [0.3, 0.4) is 0 Å². The summed E-state index contributed by atoms with van der Waals surface area (Å²) in [5, 5.41) is 37.8. The van der Waals surface area contributed by atoms with Crippen molar-refractivity contribution in [3.8, 4) is 0 Å². The maximum Gasteiger partial charge on any atom is 0.308 e. The first-order valence-corrected chi connectivity index (χ1v) is 20.4. The number of aliphatic hydroxyl groups is 3. The molecule has 3 aliphatic heterocycles. The zero-order chi connectivity index (χ0) is 39.4. The largest absolute Gasteiger partial charge is 0.462 e. The molecule has 304 valence electrons. The first-order chi connectivity index (χ1) is 25.8. The van der Waals surface area contributed by atoms with Crippen molar-refractivity contribution in [2.45, 2.75) is 135 Å². The molecule has 0 radical (unpaired) electrons. The third kappa shape index (κ3) is 12.8. The number of hydrogen-bond acceptors (Lipinski definition) is 11. The van der Waals surface area contributed by atoms with Crippen molar-refractivity contribution in [1.82, 2.24) is 15.1 Å². The minimum atomic E-state index is -1.18. The summed E-state index contributed by atoms with van der Waals surface area (Å²) in [5.41, 5.74) is 2.04. The maximum atomic E-state index is 13.8. The molecular weight excluding hydrogens is 686 g/mol. The van der Waals surface area contributed by atoms with Crippen molar-refractivity contribution in [3.63, 3.8) is 0 Å². The van der Waals surface area contributed by atoms with E-state index in [4.69, 9.17) is 14.2 Å². The van der Waals surface area contributed by atoms with E-state index in [1.54, 1.807) is 32.0 Å². The second-order valence-corrected chi connectivity index (χ2v) is 16.3. The number of carbonyl (C=O) groups excluding carboxylic acids is 2. The van der Waals surface area contributed by atoms with Gasteiger partial charge in [-0.1, -0.05) is 75.2 Å². The van der Waals surface area contributed by atoms with Crippen molar-refractivity contribution >= 4 is 11.8 Å². The number of aliphatic hydroxyl groups excluding tert-OH is 3. The monoisotopic (exact) mass is 756 g/mol. The van der Waals surface area contributed by atoms with Gasteiger partial charge in [0.05, 0.1) is 36.9 Å². The summed E-state index contributed by atoms with van der Waals surface area (Å²) in [6.07, 6.45) is 4.47. The summed E-state index contributed by atoms with van der Waals surface area (Å²) in [6, 6.07) is 9.46. The summed E-state index contributed by atoms with van der Waals surface area (Å²) < 4.78 is 19.0. The van der Waals surface area contributed by atoms with Crippen LogP contribution in [0.4, 0.5) is 0 Å². The Labute approximate surface area is 324 Å². The second-order valence-electron chi connectivity index (χ2n) is 16.3. The first kappa shape index (κ1) is 44.2. The molecule has 0 aromatic heterocycles. The topological polar surface area (TPSA) is 141 Å². The molecule has 0 bridgehead atoms. The summed E-state index contributed by atoms with van der Waals surface area (Å²) in [6.45, 7) is 13.5. The van der Waals surface area contributed by atoms with Crippen LogP contribution >= 0.6 is 0 Å². The third-order valence-electron chi connectivity index (χ3n) is 11.8. The van der Waals surface area contributed by atoms with Gasteiger partial charge in [0.15, 0.2) is 12.1 Å². The Morgan fingerprint density at radius 1 is 0.981 bits per heavy atom. The number of nitrogens with zero attached hydrogens (tertiary/aromatic N) is 2. The Bertz CT molecular complexity index is 1350. The molecule has 3 aliphatic rings. The number of cyclic esters (lactones) is 1. The van der Waals surface area contributed by atoms with Gasteiger partial charge in [-0.15, -0.1) is 0 Å². The lowest BCUT2D eigenvalue weighted by Gasteiger charge is -2.47. The Hall–Kier alpha value is -2.48. The molecule has 3 heterocycles. The van der Waals surface area contributed by atoms with Crippen LogP contribution in [0.25, 0.3) is 0 Å². The average molecular weight is 756 g/mol. The normalized spacial score (nSPS) is 35.5. The molecule has 11 nitrogen and oxygen atoms in total. The molecule has 4 N–H and O–H groups in total. The molecule has 7 unspecified atom stereocenters. The third-order valence-corrected chi connectivity index (χ3v) is 11.8. The van der Waals surface area contributed by atoms with Gasteiger partial charge in [0, 0.05) is 30.8 Å². The first-order valence-electron chi connectivity index (χ1n) is 20.4. The van der Waals surface area contributed by atoms with E-state index in [9.17, 15) is 24.9 Å². The summed E-state index contributed by atoms with van der Waals surface area (Å²) in [4.78, 5) is 31.6. The van der Waals surface area contributed by atoms with E-state index in [-0.39, 0.29) is 30.0 Å². The highest BCUT2D eigenvalue weighted by Gasteiger charge is 2.47. The number of nitrogens with one attached hydrogen (secondary N) is 1. The lowest BCUT2D eigenvalue weighted by molar-refractivity contribution is -0.304. The number of hydrogen-bond donors (Lipinski definition) is 4. The fourth-order valence-corrected chi connectivity index (χ4v) is 8.39. The zero-order valence-corrected chi connectivity index (χ0v) is 33.8. The molecule has 11 heteroatoms. The fourth-order valence-electron chi connectivity index (χ4n) is 8.39. The van der Waals surface area contributed by atoms with E-state index in [2.05, 4.69) is 28.4 Å². The Kier molecular flexibility index (Phi) is 17.8. The van der Waals surface area contributed by atoms with Crippen molar-refractivity contribution in [2.24, 2.45) is 23.7 Å². The smallest absolute Gasteiger partial charge is 0.308 e. The molecule has 12 atom stereocenters. The van der Waals surface area contributed by atoms with Crippen LogP contribution in [0.5, 0.6) is 0 Å². The number of ether oxygens (including phenoxy) is 3. The van der Waals surface area contributed by atoms with Gasteiger partial charge >= 0.3 is 5.97 Å². The second kappa shape index (κ2) is 21.7. The van der Waals surface area contributed by atoms with Crippen LogP contribution in [-0.2, 0) is 30.3 Å². The zero-order valence-electron chi connectivity index (χ0n) is 33.8. The van der Waals surface area contributed by atoms with Gasteiger partial charge < -0.3 is 44.6 Å². The highest BCUT2D eigenvalue weighted by atomic mass is 16.7. The molecule has 54 heavy (non-hydrogen) atoms. The van der Waals surface area contributed by atoms with Gasteiger partial charge in [0.2, 0.25) is 0 Å². The molecule has 0 saturated carbocycles. The van der Waals surface area contributed by atoms with E-state index in [0.29, 0.717) is 32.4 Å². The molecule has 1 aromatic rings. The molecule has 1 aromatic carbocycles. The van der Waals surface area contributed by atoms with Gasteiger partial charge in [-0.05, 0) is 97.2 Å². The predicted octanol–water partition coefficient (Wildman–Crippen LogP) is 4.49. The summed E-state index contributed by atoms with van der Waals surface area (Å²) in [7, 11) is 3.59. The molecule has 0 spiro atoms. The minimum Gasteiger partial charge on any atom is -0.462 e. The van der Waals surface area contributed by atoms with Crippen molar-refractivity contribution in [2.75, 3.05) is 40.3 Å². The number of ketones is 1. The molecule has 2 fully saturated rings. The van der Waals surface area contributed by atoms with Crippen LogP contribution in [-0.4, -0.2) is 126 Å². The summed E-state index contributed by atoms with van der Waals surface area (Å²) >= 11 is 0. The van der Waals surface area contributed by atoms with Crippen LogP contribution in [0.15, 0.2) is 54.1 Å². The van der Waals surface area contributed by atoms with Gasteiger partial charge in [0.1, 0.15) is 12.2 Å². The van der Waals surface area contributed by atoms with Crippen LogP contribution in [0.1, 0.15) is 85.1 Å². The molecular formula is C43H69N3O8. The van der Waals surface area contributed by atoms with Crippen LogP contribution in [0, 0.1) is 23.7 Å². The standard InChI is InChI=1S/C43H69N3O8/c1-8-37-34(27-44-26-32-15-11-9-12-16-32)23-28(2)17-18-35(47)29(3)24-33(19-22-46-20-13-10-14-21-46)42(30(4)36(48)25-38(49)53-37)54-43-41(51)39(45(6)7)40(50)31(5)52-43/h9,11-12,15-18,23,29-31,33-34,36-37,39-44,48,50-51H,8,10,13-14,19-22,24-27H2,1-7H3/t29?,30?,31-,33?,34?,36?,37?,39+,40-,41-,42?,43+/m1/s1. The van der Waals surface area contributed by atoms with Crippen LogP contribution in [0.2, 0.25) is 0 Å². The molecule has 2 saturated heterocycles. The SMILES string of the molecule is CCC1OC(=O)CC(O)C(C)C(O[C@@H]2O[C@H](C)[C@@H](O)[C@H](N(C)C)[C@H]2O)C(CCN2CCCCC2)CC(C)C(=O)C=CC(C)=CC1CNCc1ccccc1. The highest BCUT2D eigenvalue weighted by Crippen LogP contribution is 2.35.